The monoisotopic (exact) mass is 311 g/mol. The van der Waals surface area contributed by atoms with Crippen LogP contribution in [-0.4, -0.2) is 5.91 Å². The third-order valence-electron chi connectivity index (χ3n) is 2.45. The molecule has 0 aliphatic heterocycles. The zero-order chi connectivity index (χ0) is 13.8. The molecule has 2 nitrogen and oxygen atoms in total. The summed E-state index contributed by atoms with van der Waals surface area (Å²) in [4.78, 5) is 12.7. The average molecular weight is 312 g/mol. The number of nitrogens with one attached hydrogen (secondary N) is 1. The lowest BCUT2D eigenvalue weighted by molar-refractivity contribution is -0.111. The van der Waals surface area contributed by atoms with Crippen LogP contribution in [0.15, 0.2) is 36.4 Å². The van der Waals surface area contributed by atoms with E-state index < -0.39 is 0 Å². The molecular formula is C14H11Cl2NOS. The van der Waals surface area contributed by atoms with Gasteiger partial charge in [-0.15, -0.1) is 11.3 Å². The number of thiophene rings is 1. The summed E-state index contributed by atoms with van der Waals surface area (Å²) >= 11 is 13.1. The van der Waals surface area contributed by atoms with Crippen LogP contribution >= 0.6 is 34.5 Å². The Morgan fingerprint density at radius 2 is 2.05 bits per heavy atom. The molecule has 0 atom stereocenters. The summed E-state index contributed by atoms with van der Waals surface area (Å²) in [6.07, 6.45) is 3.20. The van der Waals surface area contributed by atoms with Gasteiger partial charge in [0.15, 0.2) is 0 Å². The van der Waals surface area contributed by atoms with Gasteiger partial charge in [-0.1, -0.05) is 29.3 Å². The second-order valence-electron chi connectivity index (χ2n) is 3.92. The van der Waals surface area contributed by atoms with Gasteiger partial charge < -0.3 is 5.32 Å². The predicted molar refractivity (Wildman–Crippen MR) is 83.2 cm³/mol. The van der Waals surface area contributed by atoms with Crippen molar-refractivity contribution < 1.29 is 4.79 Å². The minimum absolute atomic E-state index is 0.199. The van der Waals surface area contributed by atoms with Crippen LogP contribution in [0.4, 0.5) is 5.69 Å². The van der Waals surface area contributed by atoms with Gasteiger partial charge in [-0.3, -0.25) is 4.79 Å². The standard InChI is InChI=1S/C14H11Cl2NOS/c1-9-2-3-10(15)8-12(9)17-14(18)7-5-11-4-6-13(16)19-11/h2-8H,1H3,(H,17,18)/b7-5+. The lowest BCUT2D eigenvalue weighted by Gasteiger charge is -2.06. The Balaban J connectivity index is 2.05. The van der Waals surface area contributed by atoms with Crippen LogP contribution in [0.2, 0.25) is 9.36 Å². The van der Waals surface area contributed by atoms with E-state index in [9.17, 15) is 4.79 Å². The topological polar surface area (TPSA) is 29.1 Å². The van der Waals surface area contributed by atoms with Gasteiger partial charge in [-0.05, 0) is 42.8 Å². The van der Waals surface area contributed by atoms with Crippen LogP contribution in [0.5, 0.6) is 0 Å². The molecule has 0 spiro atoms. The van der Waals surface area contributed by atoms with Crippen molar-refractivity contribution in [1.82, 2.24) is 0 Å². The molecule has 2 rings (SSSR count). The molecule has 1 amide bonds. The first kappa shape index (κ1) is 14.1. The molecule has 19 heavy (non-hydrogen) atoms. The first-order valence-corrected chi connectivity index (χ1v) is 7.12. The molecule has 1 aromatic heterocycles. The molecule has 0 saturated carbocycles. The first-order chi connectivity index (χ1) is 9.04. The smallest absolute Gasteiger partial charge is 0.248 e. The minimum atomic E-state index is -0.199. The minimum Gasteiger partial charge on any atom is -0.322 e. The summed E-state index contributed by atoms with van der Waals surface area (Å²) in [5, 5.41) is 3.38. The van der Waals surface area contributed by atoms with E-state index >= 15 is 0 Å². The molecule has 2 aromatic rings. The quantitative estimate of drug-likeness (QED) is 0.793. The van der Waals surface area contributed by atoms with Crippen molar-refractivity contribution >= 4 is 52.2 Å². The molecule has 0 unspecified atom stereocenters. The summed E-state index contributed by atoms with van der Waals surface area (Å²) in [5.41, 5.74) is 1.68. The van der Waals surface area contributed by atoms with Gasteiger partial charge in [0.25, 0.3) is 0 Å². The summed E-state index contributed by atoms with van der Waals surface area (Å²) in [6.45, 7) is 1.91. The van der Waals surface area contributed by atoms with Gasteiger partial charge in [0, 0.05) is 21.7 Å². The highest BCUT2D eigenvalue weighted by Gasteiger charge is 2.02. The maximum Gasteiger partial charge on any atom is 0.248 e. The van der Waals surface area contributed by atoms with Crippen LogP contribution in [0.25, 0.3) is 6.08 Å². The van der Waals surface area contributed by atoms with Crippen molar-refractivity contribution in [2.24, 2.45) is 0 Å². The predicted octanol–water partition coefficient (Wildman–Crippen LogP) is 5.02. The number of rotatable bonds is 3. The number of anilines is 1. The molecule has 0 radical (unpaired) electrons. The van der Waals surface area contributed by atoms with Crippen LogP contribution in [-0.2, 0) is 4.79 Å². The lowest BCUT2D eigenvalue weighted by Crippen LogP contribution is -2.08. The number of halogens is 2. The fraction of sp³-hybridized carbons (Fsp3) is 0.0714. The van der Waals surface area contributed by atoms with Crippen molar-refractivity contribution in [3.8, 4) is 0 Å². The van der Waals surface area contributed by atoms with E-state index in [0.29, 0.717) is 15.0 Å². The Hall–Kier alpha value is -1.29. The summed E-state index contributed by atoms with van der Waals surface area (Å²) < 4.78 is 0.700. The summed E-state index contributed by atoms with van der Waals surface area (Å²) in [6, 6.07) is 9.04. The number of hydrogen-bond donors (Lipinski definition) is 1. The summed E-state index contributed by atoms with van der Waals surface area (Å²) in [7, 11) is 0. The zero-order valence-electron chi connectivity index (χ0n) is 10.1. The maximum absolute atomic E-state index is 11.8. The third kappa shape index (κ3) is 4.10. The molecule has 1 N–H and O–H groups in total. The number of amides is 1. The maximum atomic E-state index is 11.8. The van der Waals surface area contributed by atoms with E-state index in [-0.39, 0.29) is 5.91 Å². The SMILES string of the molecule is Cc1ccc(Cl)cc1NC(=O)/C=C/c1ccc(Cl)s1. The van der Waals surface area contributed by atoms with Crippen LogP contribution < -0.4 is 5.32 Å². The van der Waals surface area contributed by atoms with E-state index in [4.69, 9.17) is 23.2 Å². The Morgan fingerprint density at radius 3 is 2.74 bits per heavy atom. The molecule has 0 bridgehead atoms. The van der Waals surface area contributed by atoms with E-state index in [1.54, 1.807) is 24.3 Å². The highest BCUT2D eigenvalue weighted by Crippen LogP contribution is 2.23. The first-order valence-electron chi connectivity index (χ1n) is 5.55. The normalized spacial score (nSPS) is 10.9. The molecule has 5 heteroatoms. The lowest BCUT2D eigenvalue weighted by atomic mass is 10.2. The van der Waals surface area contributed by atoms with Crippen molar-refractivity contribution in [2.45, 2.75) is 6.92 Å². The third-order valence-corrected chi connectivity index (χ3v) is 3.88. The van der Waals surface area contributed by atoms with Crippen LogP contribution in [0.1, 0.15) is 10.4 Å². The fourth-order valence-electron chi connectivity index (χ4n) is 1.48. The molecule has 0 saturated heterocycles. The highest BCUT2D eigenvalue weighted by molar-refractivity contribution is 7.17. The second-order valence-corrected chi connectivity index (χ2v) is 6.11. The zero-order valence-corrected chi connectivity index (χ0v) is 12.4. The van der Waals surface area contributed by atoms with Gasteiger partial charge in [0.1, 0.15) is 0 Å². The number of carbonyl (C=O) groups is 1. The highest BCUT2D eigenvalue weighted by atomic mass is 35.5. The van der Waals surface area contributed by atoms with Crippen molar-refractivity contribution in [3.63, 3.8) is 0 Å². The largest absolute Gasteiger partial charge is 0.322 e. The number of carbonyl (C=O) groups excluding carboxylic acids is 1. The van der Waals surface area contributed by atoms with Gasteiger partial charge >= 0.3 is 0 Å². The van der Waals surface area contributed by atoms with E-state index in [1.807, 2.05) is 19.1 Å². The Morgan fingerprint density at radius 1 is 1.26 bits per heavy atom. The Bertz CT molecular complexity index is 634. The molecular weight excluding hydrogens is 301 g/mol. The van der Waals surface area contributed by atoms with Crippen molar-refractivity contribution in [2.75, 3.05) is 5.32 Å². The molecule has 1 aromatic carbocycles. The molecule has 0 aliphatic carbocycles. The number of benzene rings is 1. The van der Waals surface area contributed by atoms with Crippen molar-refractivity contribution in [1.29, 1.82) is 0 Å². The van der Waals surface area contributed by atoms with E-state index in [2.05, 4.69) is 5.32 Å². The van der Waals surface area contributed by atoms with E-state index in [0.717, 1.165) is 10.4 Å². The molecule has 1 heterocycles. The molecule has 0 aliphatic rings. The van der Waals surface area contributed by atoms with Crippen LogP contribution in [0, 0.1) is 6.92 Å². The van der Waals surface area contributed by atoms with Crippen molar-refractivity contribution in [3.05, 3.63) is 56.2 Å². The van der Waals surface area contributed by atoms with Gasteiger partial charge in [0.2, 0.25) is 5.91 Å². The fourth-order valence-corrected chi connectivity index (χ4v) is 2.61. The van der Waals surface area contributed by atoms with E-state index in [1.165, 1.54) is 17.4 Å². The summed E-state index contributed by atoms with van der Waals surface area (Å²) in [5.74, 6) is -0.199. The number of hydrogen-bond acceptors (Lipinski definition) is 2. The Kier molecular flexibility index (Phi) is 4.64. The number of aryl methyl sites for hydroxylation is 1. The van der Waals surface area contributed by atoms with Gasteiger partial charge in [-0.25, -0.2) is 0 Å². The average Bonchev–Trinajstić information content (AvgIpc) is 2.77. The Labute approximate surface area is 125 Å². The molecule has 0 fully saturated rings. The van der Waals surface area contributed by atoms with Gasteiger partial charge in [0.05, 0.1) is 4.34 Å². The van der Waals surface area contributed by atoms with Crippen LogP contribution in [0.3, 0.4) is 0 Å². The van der Waals surface area contributed by atoms with Gasteiger partial charge in [-0.2, -0.15) is 0 Å². The molecule has 98 valence electrons. The second kappa shape index (κ2) is 6.24.